The van der Waals surface area contributed by atoms with E-state index >= 15 is 0 Å². The topological polar surface area (TPSA) is 111 Å². The molecular formula is C19H38N2O7S. The van der Waals surface area contributed by atoms with Crippen LogP contribution in [0.15, 0.2) is 0 Å². The standard InChI is InChI=1S/C19H38N2O7S/c1-15(11-12-20-16(22)27-18(2,3)4)21(17(23)28-19(5,6)7)13-9-10-14-26-29(8,24)25/h15H,9-14H2,1-8H3,(H,20,22). The van der Waals surface area contributed by atoms with Crippen LogP contribution in [0.2, 0.25) is 0 Å². The highest BCUT2D eigenvalue weighted by atomic mass is 32.2. The molecule has 1 atom stereocenters. The molecule has 0 heterocycles. The average Bonchev–Trinajstić information content (AvgIpc) is 2.45. The van der Waals surface area contributed by atoms with Gasteiger partial charge in [-0.25, -0.2) is 9.59 Å². The SMILES string of the molecule is CC(CCNC(=O)OC(C)(C)C)N(CCCCOS(C)(=O)=O)C(=O)OC(C)(C)C. The summed E-state index contributed by atoms with van der Waals surface area (Å²) in [4.78, 5) is 25.9. The Morgan fingerprint density at radius 1 is 1.00 bits per heavy atom. The Kier molecular flexibility index (Phi) is 11.0. The van der Waals surface area contributed by atoms with Gasteiger partial charge in [0.15, 0.2) is 0 Å². The number of nitrogens with one attached hydrogen (secondary N) is 1. The van der Waals surface area contributed by atoms with Crippen LogP contribution in [-0.2, 0) is 23.8 Å². The Bertz CT molecular complexity index is 621. The first-order valence-electron chi connectivity index (χ1n) is 9.81. The van der Waals surface area contributed by atoms with Crippen molar-refractivity contribution in [2.45, 2.75) is 85.0 Å². The van der Waals surface area contributed by atoms with Crippen LogP contribution in [-0.4, -0.2) is 68.7 Å². The van der Waals surface area contributed by atoms with Gasteiger partial charge in [-0.05, 0) is 67.7 Å². The minimum atomic E-state index is -3.47. The van der Waals surface area contributed by atoms with Crippen molar-refractivity contribution in [2.24, 2.45) is 0 Å². The van der Waals surface area contributed by atoms with E-state index in [4.69, 9.17) is 13.7 Å². The Labute approximate surface area is 175 Å². The first-order valence-corrected chi connectivity index (χ1v) is 11.6. The van der Waals surface area contributed by atoms with Crippen molar-refractivity contribution in [3.63, 3.8) is 0 Å². The molecule has 10 heteroatoms. The highest BCUT2D eigenvalue weighted by molar-refractivity contribution is 7.85. The van der Waals surface area contributed by atoms with Gasteiger partial charge in [0.25, 0.3) is 10.1 Å². The third kappa shape index (κ3) is 16.0. The molecule has 0 aromatic heterocycles. The minimum Gasteiger partial charge on any atom is -0.444 e. The van der Waals surface area contributed by atoms with E-state index in [2.05, 4.69) is 5.32 Å². The highest BCUT2D eigenvalue weighted by Gasteiger charge is 2.26. The predicted molar refractivity (Wildman–Crippen MR) is 111 cm³/mol. The summed E-state index contributed by atoms with van der Waals surface area (Å²) < 4.78 is 37.4. The van der Waals surface area contributed by atoms with Crippen molar-refractivity contribution >= 4 is 22.3 Å². The molecule has 9 nitrogen and oxygen atoms in total. The number of hydrogen-bond donors (Lipinski definition) is 1. The van der Waals surface area contributed by atoms with Crippen molar-refractivity contribution in [1.82, 2.24) is 10.2 Å². The van der Waals surface area contributed by atoms with Gasteiger partial charge in [0, 0.05) is 19.1 Å². The van der Waals surface area contributed by atoms with Gasteiger partial charge < -0.3 is 19.7 Å². The summed E-state index contributed by atoms with van der Waals surface area (Å²) in [5, 5.41) is 2.68. The van der Waals surface area contributed by atoms with Gasteiger partial charge in [0.1, 0.15) is 11.2 Å². The number of hydrogen-bond acceptors (Lipinski definition) is 7. The molecule has 0 aliphatic carbocycles. The van der Waals surface area contributed by atoms with Crippen molar-refractivity contribution in [2.75, 3.05) is 26.0 Å². The van der Waals surface area contributed by atoms with Crippen LogP contribution in [0, 0.1) is 0 Å². The Morgan fingerprint density at radius 3 is 2.03 bits per heavy atom. The molecule has 0 saturated carbocycles. The molecule has 0 radical (unpaired) electrons. The third-order valence-corrected chi connectivity index (χ3v) is 4.08. The molecule has 2 amide bonds. The van der Waals surface area contributed by atoms with E-state index in [1.807, 2.05) is 6.92 Å². The van der Waals surface area contributed by atoms with Gasteiger partial charge in [-0.1, -0.05) is 0 Å². The summed E-state index contributed by atoms with van der Waals surface area (Å²) >= 11 is 0. The molecule has 29 heavy (non-hydrogen) atoms. The average molecular weight is 439 g/mol. The van der Waals surface area contributed by atoms with Crippen molar-refractivity contribution in [1.29, 1.82) is 0 Å². The van der Waals surface area contributed by atoms with Crippen LogP contribution in [0.4, 0.5) is 9.59 Å². The maximum absolute atomic E-state index is 12.6. The molecule has 1 unspecified atom stereocenters. The summed E-state index contributed by atoms with van der Waals surface area (Å²) in [7, 11) is -3.47. The molecule has 0 rings (SSSR count). The molecule has 0 aliphatic heterocycles. The molecule has 0 spiro atoms. The lowest BCUT2D eigenvalue weighted by molar-refractivity contribution is 0.0162. The van der Waals surface area contributed by atoms with Crippen LogP contribution in [0.3, 0.4) is 0 Å². The van der Waals surface area contributed by atoms with Gasteiger partial charge in [0.05, 0.1) is 12.9 Å². The van der Waals surface area contributed by atoms with Gasteiger partial charge in [-0.3, -0.25) is 4.18 Å². The zero-order chi connectivity index (χ0) is 22.9. The van der Waals surface area contributed by atoms with Crippen LogP contribution in [0.25, 0.3) is 0 Å². The molecule has 0 aromatic carbocycles. The van der Waals surface area contributed by atoms with E-state index in [1.165, 1.54) is 0 Å². The summed E-state index contributed by atoms with van der Waals surface area (Å²) in [6, 6.07) is -0.199. The number of carbonyl (C=O) groups is 2. The molecule has 1 N–H and O–H groups in total. The number of rotatable bonds is 10. The molecule has 172 valence electrons. The number of ether oxygens (including phenoxy) is 2. The number of unbranched alkanes of at least 4 members (excludes halogenated alkanes) is 1. The van der Waals surface area contributed by atoms with E-state index in [0.29, 0.717) is 32.4 Å². The number of carbonyl (C=O) groups excluding carboxylic acids is 2. The summed E-state index contributed by atoms with van der Waals surface area (Å²) in [6.45, 7) is 13.4. The summed E-state index contributed by atoms with van der Waals surface area (Å²) in [5.41, 5.74) is -1.21. The normalized spacial score (nSPS) is 13.5. The zero-order valence-corrected chi connectivity index (χ0v) is 19.8. The smallest absolute Gasteiger partial charge is 0.410 e. The summed E-state index contributed by atoms with van der Waals surface area (Å²) in [5.74, 6) is 0. The zero-order valence-electron chi connectivity index (χ0n) is 19.0. The van der Waals surface area contributed by atoms with Gasteiger partial charge in [-0.15, -0.1) is 0 Å². The maximum Gasteiger partial charge on any atom is 0.410 e. The first-order chi connectivity index (χ1) is 13.0. The highest BCUT2D eigenvalue weighted by Crippen LogP contribution is 2.15. The fourth-order valence-corrected chi connectivity index (χ4v) is 2.68. The second-order valence-electron chi connectivity index (χ2n) is 8.97. The lowest BCUT2D eigenvalue weighted by Gasteiger charge is -2.32. The van der Waals surface area contributed by atoms with Gasteiger partial charge >= 0.3 is 12.2 Å². The molecular weight excluding hydrogens is 400 g/mol. The maximum atomic E-state index is 12.6. The Hall–Kier alpha value is -1.55. The monoisotopic (exact) mass is 438 g/mol. The quantitative estimate of drug-likeness (QED) is 0.411. The second kappa shape index (κ2) is 11.6. The lowest BCUT2D eigenvalue weighted by Crippen LogP contribution is -2.44. The van der Waals surface area contributed by atoms with E-state index < -0.39 is 33.5 Å². The number of amides is 2. The first kappa shape index (κ1) is 27.5. The van der Waals surface area contributed by atoms with Crippen molar-refractivity contribution in [3.8, 4) is 0 Å². The van der Waals surface area contributed by atoms with E-state index in [0.717, 1.165) is 6.26 Å². The van der Waals surface area contributed by atoms with Crippen LogP contribution >= 0.6 is 0 Å². The van der Waals surface area contributed by atoms with E-state index in [1.54, 1.807) is 46.4 Å². The molecule has 0 aromatic rings. The van der Waals surface area contributed by atoms with Crippen LogP contribution < -0.4 is 5.32 Å². The predicted octanol–water partition coefficient (Wildman–Crippen LogP) is 3.28. The summed E-state index contributed by atoms with van der Waals surface area (Å²) in [6.07, 6.45) is 1.59. The Morgan fingerprint density at radius 2 is 1.55 bits per heavy atom. The van der Waals surface area contributed by atoms with E-state index in [9.17, 15) is 18.0 Å². The lowest BCUT2D eigenvalue weighted by atomic mass is 10.1. The molecule has 0 saturated heterocycles. The van der Waals surface area contributed by atoms with Crippen molar-refractivity contribution < 1.29 is 31.7 Å². The van der Waals surface area contributed by atoms with Crippen LogP contribution in [0.5, 0.6) is 0 Å². The minimum absolute atomic E-state index is 0.0651. The largest absolute Gasteiger partial charge is 0.444 e. The number of nitrogens with zero attached hydrogens (tertiary/aromatic N) is 1. The second-order valence-corrected chi connectivity index (χ2v) is 10.6. The van der Waals surface area contributed by atoms with Gasteiger partial charge in [0.2, 0.25) is 0 Å². The Balaban J connectivity index is 4.69. The molecule has 0 bridgehead atoms. The third-order valence-electron chi connectivity index (χ3n) is 3.48. The molecule has 0 fully saturated rings. The molecule has 0 aliphatic rings. The number of alkyl carbamates (subject to hydrolysis) is 1. The van der Waals surface area contributed by atoms with E-state index in [-0.39, 0.29) is 12.6 Å². The fourth-order valence-electron chi connectivity index (χ4n) is 2.26. The van der Waals surface area contributed by atoms with Crippen LogP contribution in [0.1, 0.15) is 67.7 Å². The van der Waals surface area contributed by atoms with Gasteiger partial charge in [-0.2, -0.15) is 8.42 Å². The fraction of sp³-hybridized carbons (Fsp3) is 0.895. The van der Waals surface area contributed by atoms with Crippen molar-refractivity contribution in [3.05, 3.63) is 0 Å².